The van der Waals surface area contributed by atoms with Crippen LogP contribution in [0.3, 0.4) is 0 Å². The predicted octanol–water partition coefficient (Wildman–Crippen LogP) is 5.91. The first-order valence-corrected chi connectivity index (χ1v) is 15.6. The molecule has 1 N–H and O–H groups in total. The highest BCUT2D eigenvalue weighted by Crippen LogP contribution is 2.40. The number of Topliss-reactive ketones (excluding diaryl/α,β-unsaturated/α-hetero) is 1. The van der Waals surface area contributed by atoms with Crippen LogP contribution in [0.4, 0.5) is 0 Å². The van der Waals surface area contributed by atoms with Gasteiger partial charge in [-0.3, -0.25) is 14.5 Å². The van der Waals surface area contributed by atoms with Crippen LogP contribution in [0.15, 0.2) is 109 Å². The zero-order valence-electron chi connectivity index (χ0n) is 25.9. The number of nitrogens with zero attached hydrogens (tertiary/aromatic N) is 2. The molecule has 0 aliphatic carbocycles. The quantitative estimate of drug-likeness (QED) is 0.127. The van der Waals surface area contributed by atoms with Crippen LogP contribution in [0.2, 0.25) is 0 Å². The van der Waals surface area contributed by atoms with Crippen LogP contribution in [-0.4, -0.2) is 66.0 Å². The number of hydrogen-bond donors (Lipinski definition) is 1. The molecule has 0 bridgehead atoms. The Morgan fingerprint density at radius 3 is 2.11 bits per heavy atom. The molecule has 0 spiro atoms. The van der Waals surface area contributed by atoms with Gasteiger partial charge >= 0.3 is 0 Å². The summed E-state index contributed by atoms with van der Waals surface area (Å²) in [5.74, 6) is -0.240. The van der Waals surface area contributed by atoms with Crippen molar-refractivity contribution in [2.75, 3.05) is 39.4 Å². The number of likely N-dealkylation sites (tertiary alicyclic amines) is 1. The van der Waals surface area contributed by atoms with Crippen molar-refractivity contribution >= 4 is 17.4 Å². The summed E-state index contributed by atoms with van der Waals surface area (Å²) in [4.78, 5) is 30.8. The van der Waals surface area contributed by atoms with Gasteiger partial charge in [-0.1, -0.05) is 66.7 Å². The van der Waals surface area contributed by atoms with Gasteiger partial charge < -0.3 is 24.2 Å². The number of benzene rings is 4. The normalized spacial score (nSPS) is 18.1. The maximum absolute atomic E-state index is 13.6. The van der Waals surface area contributed by atoms with Gasteiger partial charge in [-0.15, -0.1) is 0 Å². The van der Waals surface area contributed by atoms with Crippen molar-refractivity contribution in [1.82, 2.24) is 9.80 Å². The van der Waals surface area contributed by atoms with Gasteiger partial charge in [0.05, 0.1) is 24.8 Å². The van der Waals surface area contributed by atoms with Crippen LogP contribution in [-0.2, 0) is 27.5 Å². The number of hydrogen-bond acceptors (Lipinski definition) is 7. The van der Waals surface area contributed by atoms with E-state index in [2.05, 4.69) is 4.90 Å². The third kappa shape index (κ3) is 7.14. The molecular formula is C38H38N2O6. The van der Waals surface area contributed by atoms with Crippen molar-refractivity contribution in [2.45, 2.75) is 26.2 Å². The third-order valence-corrected chi connectivity index (χ3v) is 8.53. The molecule has 0 saturated carbocycles. The average Bonchev–Trinajstić information content (AvgIpc) is 3.35. The van der Waals surface area contributed by atoms with E-state index in [0.717, 1.165) is 29.8 Å². The molecule has 46 heavy (non-hydrogen) atoms. The van der Waals surface area contributed by atoms with E-state index in [1.54, 1.807) is 29.2 Å². The Kier molecular flexibility index (Phi) is 9.76. The Bertz CT molecular complexity index is 1680. The molecule has 2 aliphatic heterocycles. The Morgan fingerprint density at radius 2 is 1.41 bits per heavy atom. The summed E-state index contributed by atoms with van der Waals surface area (Å²) in [6, 6.07) is 31.5. The second-order valence-corrected chi connectivity index (χ2v) is 11.5. The van der Waals surface area contributed by atoms with Gasteiger partial charge in [0, 0.05) is 31.7 Å². The fourth-order valence-electron chi connectivity index (χ4n) is 5.82. The number of amides is 1. The molecular weight excluding hydrogens is 580 g/mol. The number of aryl methyl sites for hydroxylation is 1. The van der Waals surface area contributed by atoms with Gasteiger partial charge in [-0.05, 0) is 65.6 Å². The smallest absolute Gasteiger partial charge is 0.295 e. The highest BCUT2D eigenvalue weighted by atomic mass is 16.5. The van der Waals surface area contributed by atoms with Gasteiger partial charge in [0.25, 0.3) is 11.7 Å². The van der Waals surface area contributed by atoms with Gasteiger partial charge in [0.15, 0.2) is 0 Å². The summed E-state index contributed by atoms with van der Waals surface area (Å²) in [6.07, 6.45) is 0. The molecule has 2 aliphatic rings. The number of ketones is 1. The fraction of sp³-hybridized carbons (Fsp3) is 0.263. The molecule has 2 saturated heterocycles. The third-order valence-electron chi connectivity index (χ3n) is 8.53. The van der Waals surface area contributed by atoms with Gasteiger partial charge in [0.1, 0.15) is 30.5 Å². The molecule has 2 heterocycles. The molecule has 4 aromatic rings. The molecule has 6 rings (SSSR count). The maximum Gasteiger partial charge on any atom is 0.295 e. The van der Waals surface area contributed by atoms with Crippen molar-refractivity contribution in [3.63, 3.8) is 0 Å². The van der Waals surface area contributed by atoms with Crippen LogP contribution in [0.5, 0.6) is 11.5 Å². The fourth-order valence-corrected chi connectivity index (χ4v) is 5.82. The van der Waals surface area contributed by atoms with Crippen LogP contribution in [0.1, 0.15) is 33.9 Å². The van der Waals surface area contributed by atoms with E-state index in [1.807, 2.05) is 85.8 Å². The van der Waals surface area contributed by atoms with Crippen molar-refractivity contribution in [3.05, 3.63) is 137 Å². The minimum Gasteiger partial charge on any atom is -0.507 e. The van der Waals surface area contributed by atoms with Crippen LogP contribution in [0, 0.1) is 6.92 Å². The summed E-state index contributed by atoms with van der Waals surface area (Å²) < 4.78 is 17.4. The summed E-state index contributed by atoms with van der Waals surface area (Å²) in [5.41, 5.74) is 4.50. The number of ether oxygens (including phenoxy) is 3. The highest BCUT2D eigenvalue weighted by Gasteiger charge is 2.46. The number of rotatable bonds is 11. The van der Waals surface area contributed by atoms with Crippen LogP contribution in [0.25, 0.3) is 5.76 Å². The molecule has 8 heteroatoms. The lowest BCUT2D eigenvalue weighted by atomic mass is 9.95. The summed E-state index contributed by atoms with van der Waals surface area (Å²) in [7, 11) is 0. The van der Waals surface area contributed by atoms with E-state index in [-0.39, 0.29) is 11.3 Å². The SMILES string of the molecule is Cc1ccccc1COc1ccc(C(O)=C2C(=O)C(=O)N(CCN3CCOCC3)C2c2ccc(OCc3ccccc3)cc2)cc1. The van der Waals surface area contributed by atoms with Crippen molar-refractivity contribution in [2.24, 2.45) is 0 Å². The Labute approximate surface area is 269 Å². The zero-order chi connectivity index (χ0) is 31.9. The molecule has 0 aromatic heterocycles. The second kappa shape index (κ2) is 14.5. The average molecular weight is 619 g/mol. The van der Waals surface area contributed by atoms with Crippen molar-refractivity contribution in [1.29, 1.82) is 0 Å². The van der Waals surface area contributed by atoms with E-state index in [0.29, 0.717) is 62.1 Å². The maximum atomic E-state index is 13.6. The number of morpholine rings is 1. The number of carbonyl (C=O) groups is 2. The Morgan fingerprint density at radius 1 is 0.783 bits per heavy atom. The highest BCUT2D eigenvalue weighted by molar-refractivity contribution is 6.46. The first kappa shape index (κ1) is 31.1. The number of aliphatic hydroxyl groups excluding tert-OH is 1. The van der Waals surface area contributed by atoms with E-state index < -0.39 is 17.7 Å². The summed E-state index contributed by atoms with van der Waals surface area (Å²) >= 11 is 0. The van der Waals surface area contributed by atoms with Crippen molar-refractivity contribution in [3.8, 4) is 11.5 Å². The minimum absolute atomic E-state index is 0.0681. The zero-order valence-corrected chi connectivity index (χ0v) is 25.9. The standard InChI is InChI=1S/C38H38N2O6/c1-27-7-5-6-10-31(27)26-46-33-17-13-30(14-18-33)36(41)34-35(40(38(43)37(34)42)20-19-39-21-23-44-24-22-39)29-11-15-32(16-12-29)45-25-28-8-3-2-4-9-28/h2-18,35,41H,19-26H2,1H3. The number of carbonyl (C=O) groups excluding carboxylic acids is 2. The molecule has 0 radical (unpaired) electrons. The first-order chi connectivity index (χ1) is 22.5. The molecule has 2 fully saturated rings. The van der Waals surface area contributed by atoms with Crippen molar-refractivity contribution < 1.29 is 28.9 Å². The first-order valence-electron chi connectivity index (χ1n) is 15.6. The lowest BCUT2D eigenvalue weighted by Gasteiger charge is -2.31. The van der Waals surface area contributed by atoms with Gasteiger partial charge in [0.2, 0.25) is 0 Å². The largest absolute Gasteiger partial charge is 0.507 e. The van der Waals surface area contributed by atoms with E-state index in [1.165, 1.54) is 0 Å². The topological polar surface area (TPSA) is 88.5 Å². The molecule has 4 aromatic carbocycles. The summed E-state index contributed by atoms with van der Waals surface area (Å²) in [6.45, 7) is 6.61. The van der Waals surface area contributed by atoms with E-state index in [9.17, 15) is 14.7 Å². The molecule has 1 amide bonds. The Hall–Kier alpha value is -4.92. The lowest BCUT2D eigenvalue weighted by Crippen LogP contribution is -2.42. The molecule has 1 atom stereocenters. The number of aliphatic hydroxyl groups is 1. The van der Waals surface area contributed by atoms with E-state index >= 15 is 0 Å². The molecule has 1 unspecified atom stereocenters. The summed E-state index contributed by atoms with van der Waals surface area (Å²) in [5, 5.41) is 11.6. The molecule has 8 nitrogen and oxygen atoms in total. The Balaban J connectivity index is 1.25. The lowest BCUT2D eigenvalue weighted by molar-refractivity contribution is -0.140. The van der Waals surface area contributed by atoms with E-state index in [4.69, 9.17) is 14.2 Å². The predicted molar refractivity (Wildman–Crippen MR) is 175 cm³/mol. The van der Waals surface area contributed by atoms with Crippen LogP contribution < -0.4 is 9.47 Å². The second-order valence-electron chi connectivity index (χ2n) is 11.5. The minimum atomic E-state index is -0.749. The monoisotopic (exact) mass is 618 g/mol. The van der Waals surface area contributed by atoms with Gasteiger partial charge in [-0.2, -0.15) is 0 Å². The molecule has 236 valence electrons. The van der Waals surface area contributed by atoms with Crippen LogP contribution >= 0.6 is 0 Å². The van der Waals surface area contributed by atoms with Gasteiger partial charge in [-0.25, -0.2) is 0 Å².